The molecule has 22 heavy (non-hydrogen) atoms. The lowest BCUT2D eigenvalue weighted by Gasteiger charge is -2.22. The second kappa shape index (κ2) is 5.21. The van der Waals surface area contributed by atoms with Gasteiger partial charge >= 0.3 is 0 Å². The van der Waals surface area contributed by atoms with Gasteiger partial charge < -0.3 is 0 Å². The molecule has 1 aliphatic carbocycles. The van der Waals surface area contributed by atoms with Crippen molar-refractivity contribution in [1.29, 1.82) is 0 Å². The number of thioether (sulfide) groups is 1. The Balaban J connectivity index is 1.78. The molecule has 4 rings (SSSR count). The minimum absolute atomic E-state index is 0.130. The van der Waals surface area contributed by atoms with Crippen molar-refractivity contribution in [3.63, 3.8) is 0 Å². The van der Waals surface area contributed by atoms with Crippen LogP contribution in [0.25, 0.3) is 5.78 Å². The van der Waals surface area contributed by atoms with E-state index in [-0.39, 0.29) is 11.7 Å². The summed E-state index contributed by atoms with van der Waals surface area (Å²) in [6, 6.07) is 10.2. The SMILES string of the molecule is CSc1nc2nc3c(cn2n1)C(=O)C[C@H](c1ccccc1)C3. The molecule has 0 aliphatic heterocycles. The molecule has 1 atom stereocenters. The van der Waals surface area contributed by atoms with E-state index < -0.39 is 0 Å². The second-order valence-electron chi connectivity index (χ2n) is 5.38. The highest BCUT2D eigenvalue weighted by Gasteiger charge is 2.28. The average molecular weight is 310 g/mol. The van der Waals surface area contributed by atoms with Crippen molar-refractivity contribution < 1.29 is 4.79 Å². The molecule has 2 heterocycles. The largest absolute Gasteiger partial charge is 0.294 e. The van der Waals surface area contributed by atoms with Crippen molar-refractivity contribution in [2.75, 3.05) is 6.26 Å². The van der Waals surface area contributed by atoms with Gasteiger partial charge in [0.2, 0.25) is 5.16 Å². The fourth-order valence-electron chi connectivity index (χ4n) is 2.91. The van der Waals surface area contributed by atoms with E-state index in [4.69, 9.17) is 0 Å². The van der Waals surface area contributed by atoms with E-state index in [9.17, 15) is 4.79 Å². The smallest absolute Gasteiger partial charge is 0.253 e. The van der Waals surface area contributed by atoms with E-state index in [1.165, 1.54) is 17.3 Å². The van der Waals surface area contributed by atoms with Crippen molar-refractivity contribution in [2.24, 2.45) is 0 Å². The van der Waals surface area contributed by atoms with Crippen molar-refractivity contribution in [3.05, 3.63) is 53.3 Å². The van der Waals surface area contributed by atoms with Crippen LogP contribution in [0.3, 0.4) is 0 Å². The third kappa shape index (κ3) is 2.20. The Morgan fingerprint density at radius 2 is 2.00 bits per heavy atom. The molecule has 0 saturated heterocycles. The highest BCUT2D eigenvalue weighted by atomic mass is 32.2. The van der Waals surface area contributed by atoms with Crippen LogP contribution in [0.1, 0.15) is 34.0 Å². The third-order valence-electron chi connectivity index (χ3n) is 4.02. The van der Waals surface area contributed by atoms with Gasteiger partial charge in [-0.25, -0.2) is 9.50 Å². The van der Waals surface area contributed by atoms with Crippen molar-refractivity contribution in [1.82, 2.24) is 19.6 Å². The Morgan fingerprint density at radius 1 is 1.18 bits per heavy atom. The average Bonchev–Trinajstić information content (AvgIpc) is 2.96. The Morgan fingerprint density at radius 3 is 2.77 bits per heavy atom. The first kappa shape index (κ1) is 13.5. The van der Waals surface area contributed by atoms with Gasteiger partial charge in [0.05, 0.1) is 11.3 Å². The van der Waals surface area contributed by atoms with Gasteiger partial charge in [0.15, 0.2) is 5.78 Å². The van der Waals surface area contributed by atoms with Crippen LogP contribution >= 0.6 is 11.8 Å². The number of hydrogen-bond acceptors (Lipinski definition) is 5. The van der Waals surface area contributed by atoms with Gasteiger partial charge in [0.25, 0.3) is 5.78 Å². The summed E-state index contributed by atoms with van der Waals surface area (Å²) in [5.74, 6) is 0.884. The maximum Gasteiger partial charge on any atom is 0.253 e. The van der Waals surface area contributed by atoms with E-state index in [0.29, 0.717) is 22.9 Å². The standard InChI is InChI=1S/C16H14N4OS/c1-22-16-18-15-17-13-7-11(10-5-3-2-4-6-10)8-14(21)12(13)9-20(15)19-16/h2-6,9,11H,7-8H2,1H3/t11-/m1/s1. The molecule has 3 aromatic rings. The number of fused-ring (bicyclic) bond motifs is 2. The van der Waals surface area contributed by atoms with E-state index in [2.05, 4.69) is 27.2 Å². The summed E-state index contributed by atoms with van der Waals surface area (Å²) in [6.45, 7) is 0. The summed E-state index contributed by atoms with van der Waals surface area (Å²) in [4.78, 5) is 21.4. The zero-order valence-corrected chi connectivity index (χ0v) is 12.9. The van der Waals surface area contributed by atoms with Crippen molar-refractivity contribution >= 4 is 23.3 Å². The van der Waals surface area contributed by atoms with Gasteiger partial charge in [-0.2, -0.15) is 4.98 Å². The number of carbonyl (C=O) groups excluding carboxylic acids is 1. The highest BCUT2D eigenvalue weighted by Crippen LogP contribution is 2.31. The van der Waals surface area contributed by atoms with Gasteiger partial charge in [-0.1, -0.05) is 42.1 Å². The lowest BCUT2D eigenvalue weighted by atomic mass is 9.82. The zero-order chi connectivity index (χ0) is 15.1. The minimum Gasteiger partial charge on any atom is -0.294 e. The maximum absolute atomic E-state index is 12.5. The molecule has 0 fully saturated rings. The Kier molecular flexibility index (Phi) is 3.18. The number of benzene rings is 1. The van der Waals surface area contributed by atoms with Crippen molar-refractivity contribution in [2.45, 2.75) is 23.9 Å². The first-order chi connectivity index (χ1) is 10.7. The number of ketones is 1. The molecule has 0 radical (unpaired) electrons. The third-order valence-corrected chi connectivity index (χ3v) is 4.55. The molecular weight excluding hydrogens is 296 g/mol. The van der Waals surface area contributed by atoms with E-state index in [0.717, 1.165) is 12.1 Å². The molecule has 5 nitrogen and oxygen atoms in total. The van der Waals surface area contributed by atoms with Crippen molar-refractivity contribution in [3.8, 4) is 0 Å². The molecule has 2 aromatic heterocycles. The van der Waals surface area contributed by atoms with Crippen LogP contribution in [0, 0.1) is 0 Å². The molecule has 0 N–H and O–H groups in total. The van der Waals surface area contributed by atoms with Crippen LogP contribution in [-0.4, -0.2) is 31.6 Å². The summed E-state index contributed by atoms with van der Waals surface area (Å²) in [5.41, 5.74) is 2.70. The number of hydrogen-bond donors (Lipinski definition) is 0. The number of aromatic nitrogens is 4. The quantitative estimate of drug-likeness (QED) is 0.681. The van der Waals surface area contributed by atoms with E-state index in [1.807, 2.05) is 24.5 Å². The van der Waals surface area contributed by atoms with Gasteiger partial charge in [-0.15, -0.1) is 5.10 Å². The van der Waals surface area contributed by atoms with Gasteiger partial charge in [0, 0.05) is 12.6 Å². The predicted octanol–water partition coefficient (Wildman–Crippen LogP) is 2.76. The Labute approximate surface area is 131 Å². The lowest BCUT2D eigenvalue weighted by Crippen LogP contribution is -2.21. The van der Waals surface area contributed by atoms with Crippen LogP contribution in [0.4, 0.5) is 0 Å². The summed E-state index contributed by atoms with van der Waals surface area (Å²) in [6.07, 6.45) is 4.98. The van der Waals surface area contributed by atoms with Crippen LogP contribution in [-0.2, 0) is 6.42 Å². The molecule has 0 spiro atoms. The van der Waals surface area contributed by atoms with Crippen LogP contribution in [0.5, 0.6) is 0 Å². The maximum atomic E-state index is 12.5. The fraction of sp³-hybridized carbons (Fsp3) is 0.250. The van der Waals surface area contributed by atoms with Crippen LogP contribution in [0.2, 0.25) is 0 Å². The summed E-state index contributed by atoms with van der Waals surface area (Å²) < 4.78 is 1.60. The molecule has 110 valence electrons. The van der Waals surface area contributed by atoms with Gasteiger partial charge in [-0.05, 0) is 24.2 Å². The molecule has 6 heteroatoms. The van der Waals surface area contributed by atoms with Crippen LogP contribution in [0.15, 0.2) is 41.7 Å². The van der Waals surface area contributed by atoms with E-state index >= 15 is 0 Å². The number of rotatable bonds is 2. The van der Waals surface area contributed by atoms with Gasteiger partial charge in [0.1, 0.15) is 0 Å². The van der Waals surface area contributed by atoms with E-state index in [1.54, 1.807) is 10.7 Å². The summed E-state index contributed by atoms with van der Waals surface area (Å²) in [7, 11) is 0. The Bertz CT molecular complexity index is 859. The number of carbonyl (C=O) groups is 1. The molecule has 1 aliphatic rings. The molecule has 0 unspecified atom stereocenters. The van der Waals surface area contributed by atoms with Crippen LogP contribution < -0.4 is 0 Å². The second-order valence-corrected chi connectivity index (χ2v) is 6.16. The first-order valence-electron chi connectivity index (χ1n) is 7.13. The lowest BCUT2D eigenvalue weighted by molar-refractivity contribution is 0.0962. The molecular formula is C16H14N4OS. The molecule has 0 bridgehead atoms. The topological polar surface area (TPSA) is 60.1 Å². The number of Topliss-reactive ketones (excluding diaryl/α,β-unsaturated/α-hetero) is 1. The monoisotopic (exact) mass is 310 g/mol. The Hall–Kier alpha value is -2.21. The minimum atomic E-state index is 0.130. The molecule has 0 amide bonds. The highest BCUT2D eigenvalue weighted by molar-refractivity contribution is 7.98. The first-order valence-corrected chi connectivity index (χ1v) is 8.35. The normalized spacial score (nSPS) is 17.7. The number of nitrogens with zero attached hydrogens (tertiary/aromatic N) is 4. The fourth-order valence-corrected chi connectivity index (χ4v) is 3.25. The van der Waals surface area contributed by atoms with Gasteiger partial charge in [-0.3, -0.25) is 4.79 Å². The summed E-state index contributed by atoms with van der Waals surface area (Å²) in [5, 5.41) is 4.97. The predicted molar refractivity (Wildman–Crippen MR) is 84.4 cm³/mol. The molecule has 1 aromatic carbocycles. The zero-order valence-electron chi connectivity index (χ0n) is 12.1. The summed E-state index contributed by atoms with van der Waals surface area (Å²) >= 11 is 1.47. The molecule has 0 saturated carbocycles.